The molecule has 0 N–H and O–H groups in total. The van der Waals surface area contributed by atoms with Crippen molar-refractivity contribution in [2.24, 2.45) is 5.10 Å². The molecule has 3 rings (SSSR count). The van der Waals surface area contributed by atoms with Gasteiger partial charge in [0.1, 0.15) is 22.4 Å². The van der Waals surface area contributed by atoms with E-state index in [1.807, 2.05) is 12.2 Å². The van der Waals surface area contributed by atoms with Crippen LogP contribution in [0, 0.1) is 11.6 Å². The summed E-state index contributed by atoms with van der Waals surface area (Å²) in [5.41, 5.74) is 0.707. The van der Waals surface area contributed by atoms with Crippen molar-refractivity contribution in [1.29, 1.82) is 0 Å². The highest BCUT2D eigenvalue weighted by atomic mass is 32.2. The first kappa shape index (κ1) is 17.7. The Bertz CT molecular complexity index is 774. The van der Waals surface area contributed by atoms with Gasteiger partial charge in [0, 0.05) is 18.2 Å². The Kier molecular flexibility index (Phi) is 5.53. The van der Waals surface area contributed by atoms with E-state index >= 15 is 0 Å². The summed E-state index contributed by atoms with van der Waals surface area (Å²) in [7, 11) is 0. The minimum atomic E-state index is -0.567. The highest BCUT2D eigenvalue weighted by Crippen LogP contribution is 2.28. The van der Waals surface area contributed by atoms with Gasteiger partial charge in [0.05, 0.1) is 12.3 Å². The zero-order chi connectivity index (χ0) is 17.8. The molecule has 1 aromatic rings. The number of hydrogen-bond acceptors (Lipinski definition) is 4. The van der Waals surface area contributed by atoms with Crippen LogP contribution >= 0.6 is 11.8 Å². The highest BCUT2D eigenvalue weighted by molar-refractivity contribution is 8.14. The van der Waals surface area contributed by atoms with E-state index < -0.39 is 11.6 Å². The fourth-order valence-corrected chi connectivity index (χ4v) is 3.52. The lowest BCUT2D eigenvalue weighted by Gasteiger charge is -2.25. The van der Waals surface area contributed by atoms with Gasteiger partial charge in [-0.2, -0.15) is 5.10 Å². The van der Waals surface area contributed by atoms with Crippen LogP contribution in [-0.4, -0.2) is 28.3 Å². The summed E-state index contributed by atoms with van der Waals surface area (Å²) >= 11 is 1.29. The summed E-state index contributed by atoms with van der Waals surface area (Å²) in [6, 6.07) is 3.24. The van der Waals surface area contributed by atoms with Gasteiger partial charge < -0.3 is 4.74 Å². The van der Waals surface area contributed by atoms with Crippen molar-refractivity contribution in [3.8, 4) is 0 Å². The molecule has 132 valence electrons. The Morgan fingerprint density at radius 2 is 2.20 bits per heavy atom. The fraction of sp³-hybridized carbons (Fsp3) is 0.333. The SMILES string of the molecule is CC(=O)N1/N=C(/c2cc(F)ccc2F)SCCCOC2=C1CCC=C2. The van der Waals surface area contributed by atoms with Crippen molar-refractivity contribution in [2.45, 2.75) is 26.2 Å². The van der Waals surface area contributed by atoms with E-state index in [4.69, 9.17) is 4.74 Å². The largest absolute Gasteiger partial charge is 0.492 e. The molecule has 1 heterocycles. The van der Waals surface area contributed by atoms with E-state index in [0.717, 1.165) is 31.0 Å². The molecule has 7 heteroatoms. The molecule has 0 atom stereocenters. The molecule has 0 spiro atoms. The quantitative estimate of drug-likeness (QED) is 0.750. The van der Waals surface area contributed by atoms with Gasteiger partial charge in [-0.25, -0.2) is 13.8 Å². The predicted molar refractivity (Wildman–Crippen MR) is 93.8 cm³/mol. The lowest BCUT2D eigenvalue weighted by molar-refractivity contribution is -0.127. The molecule has 1 amide bonds. The highest BCUT2D eigenvalue weighted by Gasteiger charge is 2.23. The number of ether oxygens (including phenoxy) is 1. The van der Waals surface area contributed by atoms with Crippen LogP contribution in [0.4, 0.5) is 8.78 Å². The monoisotopic (exact) mass is 364 g/mol. The Morgan fingerprint density at radius 1 is 1.36 bits per heavy atom. The molecule has 0 aromatic heterocycles. The third kappa shape index (κ3) is 4.10. The van der Waals surface area contributed by atoms with Crippen LogP contribution in [0.3, 0.4) is 0 Å². The minimum Gasteiger partial charge on any atom is -0.492 e. The number of halogens is 2. The van der Waals surface area contributed by atoms with Crippen LogP contribution in [0.2, 0.25) is 0 Å². The second kappa shape index (κ2) is 7.82. The molecule has 2 aliphatic rings. The van der Waals surface area contributed by atoms with Crippen molar-refractivity contribution in [2.75, 3.05) is 12.4 Å². The zero-order valence-corrected chi connectivity index (χ0v) is 14.6. The fourth-order valence-electron chi connectivity index (χ4n) is 2.61. The summed E-state index contributed by atoms with van der Waals surface area (Å²) < 4.78 is 33.6. The average Bonchev–Trinajstić information content (AvgIpc) is 2.60. The van der Waals surface area contributed by atoms with Gasteiger partial charge >= 0.3 is 0 Å². The molecule has 25 heavy (non-hydrogen) atoms. The first-order chi connectivity index (χ1) is 12.1. The van der Waals surface area contributed by atoms with E-state index in [-0.39, 0.29) is 16.5 Å². The molecular weight excluding hydrogens is 346 g/mol. The number of carbonyl (C=O) groups is 1. The van der Waals surface area contributed by atoms with Crippen LogP contribution in [0.1, 0.15) is 31.7 Å². The number of amides is 1. The van der Waals surface area contributed by atoms with Crippen LogP contribution in [0.25, 0.3) is 0 Å². The number of carbonyl (C=O) groups excluding carboxylic acids is 1. The van der Waals surface area contributed by atoms with Crippen LogP contribution in [0.5, 0.6) is 0 Å². The number of rotatable bonds is 1. The van der Waals surface area contributed by atoms with E-state index in [9.17, 15) is 13.6 Å². The first-order valence-corrected chi connectivity index (χ1v) is 9.05. The number of allylic oxidation sites excluding steroid dienone is 3. The van der Waals surface area contributed by atoms with Gasteiger partial charge in [-0.3, -0.25) is 4.79 Å². The van der Waals surface area contributed by atoms with Crippen LogP contribution in [0.15, 0.2) is 46.9 Å². The topological polar surface area (TPSA) is 41.9 Å². The summed E-state index contributed by atoms with van der Waals surface area (Å²) in [5, 5.41) is 5.91. The Morgan fingerprint density at radius 3 is 3.00 bits per heavy atom. The molecule has 4 nitrogen and oxygen atoms in total. The predicted octanol–water partition coefficient (Wildman–Crippen LogP) is 4.19. The molecule has 0 radical (unpaired) electrons. The Hall–Kier alpha value is -2.15. The normalized spacial score (nSPS) is 20.4. The lowest BCUT2D eigenvalue weighted by Crippen LogP contribution is -2.27. The maximum Gasteiger partial charge on any atom is 0.244 e. The minimum absolute atomic E-state index is 0.0613. The second-order valence-electron chi connectivity index (χ2n) is 5.66. The molecule has 0 fully saturated rings. The van der Waals surface area contributed by atoms with E-state index in [2.05, 4.69) is 5.10 Å². The molecule has 0 bridgehead atoms. The number of nitrogens with zero attached hydrogens (tertiary/aromatic N) is 2. The summed E-state index contributed by atoms with van der Waals surface area (Å²) in [5.74, 6) is -0.192. The third-order valence-corrected chi connectivity index (χ3v) is 4.86. The van der Waals surface area contributed by atoms with Crippen LogP contribution < -0.4 is 0 Å². The van der Waals surface area contributed by atoms with E-state index in [1.54, 1.807) is 0 Å². The standard InChI is InChI=1S/C18H18F2N2O2S/c1-12(23)22-16-5-2-3-6-17(16)24-9-4-10-25-18(21-22)14-11-13(19)7-8-15(14)20/h3,6-8,11H,2,4-5,9-10H2,1H3/b21-18-. The molecule has 1 aliphatic carbocycles. The second-order valence-corrected chi connectivity index (χ2v) is 6.75. The Balaban J connectivity index is 2.11. The van der Waals surface area contributed by atoms with E-state index in [1.165, 1.54) is 23.7 Å². The maximum atomic E-state index is 14.2. The van der Waals surface area contributed by atoms with Crippen LogP contribution in [-0.2, 0) is 9.53 Å². The van der Waals surface area contributed by atoms with Gasteiger partial charge in [-0.1, -0.05) is 6.08 Å². The number of thioether (sulfide) groups is 1. The van der Waals surface area contributed by atoms with Gasteiger partial charge in [0.15, 0.2) is 0 Å². The average molecular weight is 364 g/mol. The summed E-state index contributed by atoms with van der Waals surface area (Å²) in [6.07, 6.45) is 5.90. The van der Waals surface area contributed by atoms with Gasteiger partial charge in [-0.15, -0.1) is 11.8 Å². The molecular formula is C18H18F2N2O2S. The van der Waals surface area contributed by atoms with Crippen molar-refractivity contribution in [1.82, 2.24) is 5.01 Å². The number of hydrogen-bond donors (Lipinski definition) is 0. The summed E-state index contributed by atoms with van der Waals surface area (Å²) in [4.78, 5) is 12.2. The molecule has 0 unspecified atom stereocenters. The van der Waals surface area contributed by atoms with Gasteiger partial charge in [0.25, 0.3) is 0 Å². The smallest absolute Gasteiger partial charge is 0.244 e. The lowest BCUT2D eigenvalue weighted by atomic mass is 10.1. The van der Waals surface area contributed by atoms with Gasteiger partial charge in [-0.05, 0) is 43.5 Å². The van der Waals surface area contributed by atoms with Crippen molar-refractivity contribution < 1.29 is 18.3 Å². The van der Waals surface area contributed by atoms with Gasteiger partial charge in [0.2, 0.25) is 5.91 Å². The molecule has 1 aliphatic heterocycles. The van der Waals surface area contributed by atoms with Crippen molar-refractivity contribution >= 4 is 22.7 Å². The van der Waals surface area contributed by atoms with Crippen molar-refractivity contribution in [3.05, 3.63) is 59.0 Å². The number of hydrazone groups is 1. The Labute approximate surface area is 149 Å². The summed E-state index contributed by atoms with van der Waals surface area (Å²) in [6.45, 7) is 1.88. The molecule has 0 saturated heterocycles. The maximum absolute atomic E-state index is 14.2. The molecule has 0 saturated carbocycles. The third-order valence-electron chi connectivity index (χ3n) is 3.79. The zero-order valence-electron chi connectivity index (χ0n) is 13.8. The number of benzene rings is 1. The first-order valence-electron chi connectivity index (χ1n) is 8.06. The molecule has 1 aromatic carbocycles. The van der Waals surface area contributed by atoms with Crippen molar-refractivity contribution in [3.63, 3.8) is 0 Å². The van der Waals surface area contributed by atoms with E-state index in [0.29, 0.717) is 30.2 Å².